The lowest BCUT2D eigenvalue weighted by molar-refractivity contribution is 0.0676. The third-order valence-electron chi connectivity index (χ3n) is 5.02. The van der Waals surface area contributed by atoms with E-state index in [1.165, 1.54) is 12.8 Å². The van der Waals surface area contributed by atoms with E-state index in [0.29, 0.717) is 11.8 Å². The van der Waals surface area contributed by atoms with Crippen LogP contribution in [0.25, 0.3) is 0 Å². The molecule has 1 aromatic heterocycles. The Morgan fingerprint density at radius 3 is 2.68 bits per heavy atom. The molecule has 0 aliphatic heterocycles. The van der Waals surface area contributed by atoms with Crippen molar-refractivity contribution in [2.24, 2.45) is 5.92 Å². The van der Waals surface area contributed by atoms with Crippen molar-refractivity contribution in [1.29, 1.82) is 0 Å². The van der Waals surface area contributed by atoms with Gasteiger partial charge in [-0.1, -0.05) is 24.2 Å². The molecule has 25 heavy (non-hydrogen) atoms. The number of benzene rings is 1. The third-order valence-corrected chi connectivity index (χ3v) is 6.11. The standard InChI is InChI=1S/C20H26N2O2S/c1-14-8-10-16(11-9-14)22(3)20(23)18-6-4-5-7-19(18)25-13-17-12-15(2)21-24-17/h4-7,12,14,16H,8-11,13H2,1-3H3. The Hall–Kier alpha value is -1.75. The highest BCUT2D eigenvalue weighted by Crippen LogP contribution is 2.30. The van der Waals surface area contributed by atoms with Crippen molar-refractivity contribution in [3.63, 3.8) is 0 Å². The van der Waals surface area contributed by atoms with Crippen LogP contribution < -0.4 is 0 Å². The molecular formula is C20H26N2O2S. The number of hydrogen-bond acceptors (Lipinski definition) is 4. The number of thioether (sulfide) groups is 1. The molecule has 3 rings (SSSR count). The zero-order valence-electron chi connectivity index (χ0n) is 15.2. The van der Waals surface area contributed by atoms with Crippen LogP contribution in [0.2, 0.25) is 0 Å². The zero-order chi connectivity index (χ0) is 17.8. The molecule has 5 heteroatoms. The van der Waals surface area contributed by atoms with E-state index in [2.05, 4.69) is 12.1 Å². The van der Waals surface area contributed by atoms with Crippen LogP contribution in [-0.2, 0) is 5.75 Å². The lowest BCUT2D eigenvalue weighted by atomic mass is 9.86. The lowest BCUT2D eigenvalue weighted by Crippen LogP contribution is -2.39. The molecule has 1 heterocycles. The largest absolute Gasteiger partial charge is 0.360 e. The highest BCUT2D eigenvalue weighted by Gasteiger charge is 2.26. The second-order valence-corrected chi connectivity index (χ2v) is 8.07. The fraction of sp³-hybridized carbons (Fsp3) is 0.500. The molecule has 0 saturated heterocycles. The number of amides is 1. The Labute approximate surface area is 154 Å². The molecule has 0 bridgehead atoms. The van der Waals surface area contributed by atoms with Crippen molar-refractivity contribution in [3.8, 4) is 0 Å². The Morgan fingerprint density at radius 2 is 2.00 bits per heavy atom. The smallest absolute Gasteiger partial charge is 0.254 e. The average Bonchev–Trinajstić information content (AvgIpc) is 3.05. The minimum Gasteiger partial charge on any atom is -0.360 e. The molecule has 4 nitrogen and oxygen atoms in total. The second-order valence-electron chi connectivity index (χ2n) is 7.05. The molecule has 1 saturated carbocycles. The maximum atomic E-state index is 13.0. The van der Waals surface area contributed by atoms with Gasteiger partial charge in [-0.15, -0.1) is 11.8 Å². The molecule has 0 atom stereocenters. The fourth-order valence-corrected chi connectivity index (χ4v) is 4.31. The summed E-state index contributed by atoms with van der Waals surface area (Å²) in [5.41, 5.74) is 1.66. The molecule has 0 radical (unpaired) electrons. The van der Waals surface area contributed by atoms with Gasteiger partial charge in [0.05, 0.1) is 17.0 Å². The molecule has 0 unspecified atom stereocenters. The van der Waals surface area contributed by atoms with Gasteiger partial charge in [-0.05, 0) is 50.7 Å². The number of carbonyl (C=O) groups excluding carboxylic acids is 1. The van der Waals surface area contributed by atoms with E-state index in [-0.39, 0.29) is 5.91 Å². The summed E-state index contributed by atoms with van der Waals surface area (Å²) in [6.07, 6.45) is 4.64. The number of carbonyl (C=O) groups is 1. The van der Waals surface area contributed by atoms with Crippen molar-refractivity contribution in [1.82, 2.24) is 10.1 Å². The maximum Gasteiger partial charge on any atom is 0.254 e. The maximum absolute atomic E-state index is 13.0. The van der Waals surface area contributed by atoms with Crippen LogP contribution in [0.15, 0.2) is 39.8 Å². The molecule has 1 aromatic carbocycles. The minimum absolute atomic E-state index is 0.122. The monoisotopic (exact) mass is 358 g/mol. The van der Waals surface area contributed by atoms with E-state index in [9.17, 15) is 4.79 Å². The average molecular weight is 359 g/mol. The molecular weight excluding hydrogens is 332 g/mol. The van der Waals surface area contributed by atoms with Crippen LogP contribution in [0, 0.1) is 12.8 Å². The summed E-state index contributed by atoms with van der Waals surface area (Å²) in [6, 6.07) is 10.2. The Morgan fingerprint density at radius 1 is 1.28 bits per heavy atom. The Balaban J connectivity index is 1.69. The third kappa shape index (κ3) is 4.46. The summed E-state index contributed by atoms with van der Waals surface area (Å²) in [5.74, 6) is 2.42. The number of nitrogens with zero attached hydrogens (tertiary/aromatic N) is 2. The van der Waals surface area contributed by atoms with Gasteiger partial charge >= 0.3 is 0 Å². The van der Waals surface area contributed by atoms with E-state index < -0.39 is 0 Å². The molecule has 2 aromatic rings. The first kappa shape index (κ1) is 18.1. The predicted molar refractivity (Wildman–Crippen MR) is 101 cm³/mol. The summed E-state index contributed by atoms with van der Waals surface area (Å²) >= 11 is 1.63. The Kier molecular flexibility index (Phi) is 5.84. The Bertz CT molecular complexity index is 720. The minimum atomic E-state index is 0.122. The summed E-state index contributed by atoms with van der Waals surface area (Å²) in [5, 5.41) is 3.92. The van der Waals surface area contributed by atoms with E-state index in [1.54, 1.807) is 11.8 Å². The second kappa shape index (κ2) is 8.09. The molecule has 1 fully saturated rings. The van der Waals surface area contributed by atoms with E-state index in [4.69, 9.17) is 4.52 Å². The highest BCUT2D eigenvalue weighted by atomic mass is 32.2. The SMILES string of the molecule is Cc1cc(CSc2ccccc2C(=O)N(C)C2CCC(C)CC2)on1. The van der Waals surface area contributed by atoms with E-state index in [0.717, 1.165) is 40.7 Å². The van der Waals surface area contributed by atoms with Gasteiger partial charge in [-0.2, -0.15) is 0 Å². The van der Waals surface area contributed by atoms with Crippen molar-refractivity contribution in [3.05, 3.63) is 47.3 Å². The molecule has 0 spiro atoms. The predicted octanol–water partition coefficient (Wildman–Crippen LogP) is 4.93. The van der Waals surface area contributed by atoms with E-state index in [1.807, 2.05) is 49.2 Å². The molecule has 1 amide bonds. The van der Waals surface area contributed by atoms with Gasteiger partial charge in [0.15, 0.2) is 0 Å². The summed E-state index contributed by atoms with van der Waals surface area (Å²) in [4.78, 5) is 16.0. The first-order valence-corrected chi connectivity index (χ1v) is 9.94. The van der Waals surface area contributed by atoms with Crippen molar-refractivity contribution < 1.29 is 9.32 Å². The molecule has 1 aliphatic carbocycles. The van der Waals surface area contributed by atoms with Gasteiger partial charge in [0.25, 0.3) is 5.91 Å². The van der Waals surface area contributed by atoms with Gasteiger partial charge in [0, 0.05) is 24.1 Å². The number of hydrogen-bond donors (Lipinski definition) is 0. The van der Waals surface area contributed by atoms with Crippen molar-refractivity contribution in [2.75, 3.05) is 7.05 Å². The summed E-state index contributed by atoms with van der Waals surface area (Å²) < 4.78 is 5.27. The van der Waals surface area contributed by atoms with Crippen LogP contribution >= 0.6 is 11.8 Å². The van der Waals surface area contributed by atoms with Crippen LogP contribution in [-0.4, -0.2) is 29.1 Å². The number of rotatable bonds is 5. The highest BCUT2D eigenvalue weighted by molar-refractivity contribution is 7.98. The van der Waals surface area contributed by atoms with Gasteiger partial charge in [-0.25, -0.2) is 0 Å². The molecule has 134 valence electrons. The quantitative estimate of drug-likeness (QED) is 0.711. The van der Waals surface area contributed by atoms with Crippen molar-refractivity contribution >= 4 is 17.7 Å². The van der Waals surface area contributed by atoms with Gasteiger partial charge in [0.2, 0.25) is 0 Å². The normalized spacial score (nSPS) is 20.4. The fourth-order valence-electron chi connectivity index (χ4n) is 3.39. The number of aromatic nitrogens is 1. The van der Waals surface area contributed by atoms with Crippen LogP contribution in [0.5, 0.6) is 0 Å². The van der Waals surface area contributed by atoms with Gasteiger partial charge < -0.3 is 9.42 Å². The summed E-state index contributed by atoms with van der Waals surface area (Å²) in [7, 11) is 1.95. The van der Waals surface area contributed by atoms with Crippen LogP contribution in [0.4, 0.5) is 0 Å². The van der Waals surface area contributed by atoms with Gasteiger partial charge in [0.1, 0.15) is 5.76 Å². The molecule has 1 aliphatic rings. The number of aryl methyl sites for hydroxylation is 1. The van der Waals surface area contributed by atoms with Crippen LogP contribution in [0.3, 0.4) is 0 Å². The first-order valence-electron chi connectivity index (χ1n) is 8.95. The van der Waals surface area contributed by atoms with Gasteiger partial charge in [-0.3, -0.25) is 4.79 Å². The summed E-state index contributed by atoms with van der Waals surface area (Å²) in [6.45, 7) is 4.21. The molecule has 0 N–H and O–H groups in total. The lowest BCUT2D eigenvalue weighted by Gasteiger charge is -2.34. The topological polar surface area (TPSA) is 46.3 Å². The first-order chi connectivity index (χ1) is 12.0. The van der Waals surface area contributed by atoms with E-state index >= 15 is 0 Å². The van der Waals surface area contributed by atoms with Crippen molar-refractivity contribution in [2.45, 2.75) is 56.2 Å². The zero-order valence-corrected chi connectivity index (χ0v) is 16.0. The van der Waals surface area contributed by atoms with Crippen LogP contribution in [0.1, 0.15) is 54.4 Å².